The van der Waals surface area contributed by atoms with Crippen molar-refractivity contribution in [3.8, 4) is 0 Å². The molecule has 4 fully saturated rings. The number of fused-ring (bicyclic) bond motifs is 2. The zero-order chi connectivity index (χ0) is 16.7. The van der Waals surface area contributed by atoms with Gasteiger partial charge >= 0.3 is 0 Å². The lowest BCUT2D eigenvalue weighted by Gasteiger charge is -2.51. The van der Waals surface area contributed by atoms with Gasteiger partial charge in [-0.15, -0.1) is 0 Å². The third-order valence-corrected chi connectivity index (χ3v) is 6.08. The van der Waals surface area contributed by atoms with E-state index < -0.39 is 0 Å². The van der Waals surface area contributed by atoms with Crippen molar-refractivity contribution >= 4 is 5.91 Å². The van der Waals surface area contributed by atoms with Crippen LogP contribution in [0.25, 0.3) is 0 Å². The molecule has 0 aliphatic carbocycles. The molecule has 4 saturated heterocycles. The van der Waals surface area contributed by atoms with Crippen LogP contribution in [0.15, 0.2) is 30.3 Å². The van der Waals surface area contributed by atoms with Gasteiger partial charge in [0.25, 0.3) is 0 Å². The molecule has 24 heavy (non-hydrogen) atoms. The fourth-order valence-corrected chi connectivity index (χ4v) is 5.02. The maximum Gasteiger partial charge on any atom is 0.248 e. The lowest BCUT2D eigenvalue weighted by atomic mass is 9.75. The van der Waals surface area contributed by atoms with Crippen LogP contribution in [-0.2, 0) is 9.53 Å². The second-order valence-electron chi connectivity index (χ2n) is 7.78. The molecule has 4 heterocycles. The number of ether oxygens (including phenoxy) is 1. The van der Waals surface area contributed by atoms with Crippen LogP contribution < -0.4 is 0 Å². The Morgan fingerprint density at radius 1 is 1.17 bits per heavy atom. The number of carbonyl (C=O) groups excluding carboxylic acids is 1. The molecule has 4 aliphatic heterocycles. The van der Waals surface area contributed by atoms with Crippen LogP contribution in [0.2, 0.25) is 0 Å². The molecular weight excluding hydrogens is 300 g/mol. The van der Waals surface area contributed by atoms with Gasteiger partial charge in [-0.25, -0.2) is 0 Å². The summed E-state index contributed by atoms with van der Waals surface area (Å²) < 4.78 is 5.61. The van der Waals surface area contributed by atoms with E-state index in [0.29, 0.717) is 23.9 Å². The van der Waals surface area contributed by atoms with E-state index in [2.05, 4.69) is 40.1 Å². The number of hydrogen-bond acceptors (Lipinski definition) is 3. The van der Waals surface area contributed by atoms with Gasteiger partial charge in [0, 0.05) is 18.5 Å². The number of piperidine rings is 3. The molecule has 0 saturated carbocycles. The van der Waals surface area contributed by atoms with Gasteiger partial charge in [-0.1, -0.05) is 30.3 Å². The maximum atomic E-state index is 12.8. The summed E-state index contributed by atoms with van der Waals surface area (Å²) >= 11 is 0. The predicted octanol–water partition coefficient (Wildman–Crippen LogP) is 2.50. The highest BCUT2D eigenvalue weighted by Gasteiger charge is 2.54. The van der Waals surface area contributed by atoms with E-state index in [1.165, 1.54) is 31.5 Å². The fourth-order valence-electron chi connectivity index (χ4n) is 5.02. The van der Waals surface area contributed by atoms with Crippen LogP contribution in [-0.4, -0.2) is 60.1 Å². The monoisotopic (exact) mass is 328 g/mol. The molecule has 1 aromatic rings. The largest absolute Gasteiger partial charge is 0.369 e. The second-order valence-corrected chi connectivity index (χ2v) is 7.78. The van der Waals surface area contributed by atoms with Gasteiger partial charge in [0.15, 0.2) is 0 Å². The molecule has 0 spiro atoms. The zero-order valence-corrected chi connectivity index (χ0v) is 14.7. The van der Waals surface area contributed by atoms with Crippen molar-refractivity contribution in [2.24, 2.45) is 5.92 Å². The Morgan fingerprint density at radius 2 is 1.88 bits per heavy atom. The number of amides is 1. The smallest absolute Gasteiger partial charge is 0.248 e. The lowest BCUT2D eigenvalue weighted by Crippen LogP contribution is -2.61. The minimum Gasteiger partial charge on any atom is -0.369 e. The molecule has 2 bridgehead atoms. The summed E-state index contributed by atoms with van der Waals surface area (Å²) in [6, 6.07) is 11.6. The Hall–Kier alpha value is -1.39. The first kappa shape index (κ1) is 16.1. The Morgan fingerprint density at radius 3 is 2.54 bits per heavy atom. The van der Waals surface area contributed by atoms with E-state index in [1.807, 2.05) is 13.8 Å². The van der Waals surface area contributed by atoms with Crippen LogP contribution >= 0.6 is 0 Å². The van der Waals surface area contributed by atoms with Crippen molar-refractivity contribution in [1.82, 2.24) is 9.80 Å². The SMILES string of the molecule is CC(C)OCC(=O)N1C[C@H](c2ccccc2)[C@H]2[C@@H]1C1CCN2CC1. The number of hydrogen-bond donors (Lipinski definition) is 0. The highest BCUT2D eigenvalue weighted by molar-refractivity contribution is 5.78. The molecule has 4 aliphatic rings. The van der Waals surface area contributed by atoms with Gasteiger partial charge in [0.2, 0.25) is 5.91 Å². The third-order valence-electron chi connectivity index (χ3n) is 6.08. The first-order valence-electron chi connectivity index (χ1n) is 9.35. The number of rotatable bonds is 4. The van der Waals surface area contributed by atoms with Gasteiger partial charge in [-0.2, -0.15) is 0 Å². The van der Waals surface area contributed by atoms with Crippen molar-refractivity contribution in [2.75, 3.05) is 26.2 Å². The van der Waals surface area contributed by atoms with E-state index >= 15 is 0 Å². The molecule has 0 radical (unpaired) electrons. The van der Waals surface area contributed by atoms with E-state index in [1.54, 1.807) is 0 Å². The third kappa shape index (κ3) is 2.76. The molecule has 3 atom stereocenters. The quantitative estimate of drug-likeness (QED) is 0.851. The molecule has 4 nitrogen and oxygen atoms in total. The second kappa shape index (κ2) is 6.49. The number of carbonyl (C=O) groups is 1. The summed E-state index contributed by atoms with van der Waals surface area (Å²) in [5, 5.41) is 0. The lowest BCUT2D eigenvalue weighted by molar-refractivity contribution is -0.142. The molecule has 0 unspecified atom stereocenters. The highest BCUT2D eigenvalue weighted by atomic mass is 16.5. The van der Waals surface area contributed by atoms with Crippen LogP contribution in [0, 0.1) is 5.92 Å². The van der Waals surface area contributed by atoms with Gasteiger partial charge in [-0.3, -0.25) is 9.69 Å². The van der Waals surface area contributed by atoms with Crippen LogP contribution in [0.3, 0.4) is 0 Å². The normalized spacial score (nSPS) is 34.6. The average molecular weight is 328 g/mol. The Bertz CT molecular complexity index is 581. The average Bonchev–Trinajstić information content (AvgIpc) is 3.04. The summed E-state index contributed by atoms with van der Waals surface area (Å²) in [7, 11) is 0. The van der Waals surface area contributed by atoms with E-state index in [0.717, 1.165) is 6.54 Å². The fraction of sp³-hybridized carbons (Fsp3) is 0.650. The Kier molecular flexibility index (Phi) is 4.35. The molecule has 0 N–H and O–H groups in total. The van der Waals surface area contributed by atoms with Crippen LogP contribution in [0.5, 0.6) is 0 Å². The summed E-state index contributed by atoms with van der Waals surface area (Å²) in [4.78, 5) is 17.6. The molecule has 0 aromatic heterocycles. The first-order chi connectivity index (χ1) is 11.6. The van der Waals surface area contributed by atoms with Crippen molar-refractivity contribution in [3.05, 3.63) is 35.9 Å². The van der Waals surface area contributed by atoms with E-state index in [-0.39, 0.29) is 18.6 Å². The number of nitrogens with zero attached hydrogens (tertiary/aromatic N) is 2. The predicted molar refractivity (Wildman–Crippen MR) is 93.9 cm³/mol. The zero-order valence-electron chi connectivity index (χ0n) is 14.7. The van der Waals surface area contributed by atoms with Gasteiger partial charge < -0.3 is 9.64 Å². The molecule has 4 heteroatoms. The molecular formula is C20H28N2O2. The highest BCUT2D eigenvalue weighted by Crippen LogP contribution is 2.46. The van der Waals surface area contributed by atoms with Crippen molar-refractivity contribution in [1.29, 1.82) is 0 Å². The van der Waals surface area contributed by atoms with Crippen molar-refractivity contribution in [3.63, 3.8) is 0 Å². The minimum absolute atomic E-state index is 0.101. The topological polar surface area (TPSA) is 32.8 Å². The van der Waals surface area contributed by atoms with Gasteiger partial charge in [-0.05, 0) is 51.3 Å². The first-order valence-corrected chi connectivity index (χ1v) is 9.35. The Labute approximate surface area is 144 Å². The number of benzene rings is 1. The van der Waals surface area contributed by atoms with Crippen LogP contribution in [0.4, 0.5) is 0 Å². The number of likely N-dealkylation sites (tertiary alicyclic amines) is 1. The van der Waals surface area contributed by atoms with Crippen LogP contribution in [0.1, 0.15) is 38.2 Å². The van der Waals surface area contributed by atoms with Crippen molar-refractivity contribution in [2.45, 2.75) is 50.8 Å². The Balaban J connectivity index is 1.60. The molecule has 1 amide bonds. The van der Waals surface area contributed by atoms with Gasteiger partial charge in [0.05, 0.1) is 12.1 Å². The summed E-state index contributed by atoms with van der Waals surface area (Å²) in [6.45, 7) is 7.42. The van der Waals surface area contributed by atoms with Crippen molar-refractivity contribution < 1.29 is 9.53 Å². The summed E-state index contributed by atoms with van der Waals surface area (Å²) in [5.74, 6) is 1.27. The molecule has 1 aromatic carbocycles. The molecule has 130 valence electrons. The molecule has 5 rings (SSSR count). The van der Waals surface area contributed by atoms with Gasteiger partial charge in [0.1, 0.15) is 6.61 Å². The maximum absolute atomic E-state index is 12.8. The minimum atomic E-state index is 0.101. The van der Waals surface area contributed by atoms with E-state index in [4.69, 9.17) is 4.74 Å². The summed E-state index contributed by atoms with van der Waals surface area (Å²) in [6.07, 6.45) is 2.57. The summed E-state index contributed by atoms with van der Waals surface area (Å²) in [5.41, 5.74) is 1.38. The standard InChI is InChI=1S/C20H28N2O2/c1-14(2)24-13-18(23)22-12-17(15-6-4-3-5-7-15)20-19(22)16-8-10-21(20)11-9-16/h3-7,14,16-17,19-20H,8-13H2,1-2H3/t17-,19+,20+/m1/s1. The van der Waals surface area contributed by atoms with E-state index in [9.17, 15) is 4.79 Å².